The Bertz CT molecular complexity index is 256. The highest BCUT2D eigenvalue weighted by atomic mass is 32.1. The van der Waals surface area contributed by atoms with Gasteiger partial charge in [0.2, 0.25) is 0 Å². The van der Waals surface area contributed by atoms with Crippen molar-refractivity contribution < 1.29 is 4.74 Å². The standard InChI is InChI=1S/C11H19NOS/c1-4-9(5-2)12-8-10-6-7-11(13-3)14-10/h6-7,9,12H,4-5,8H2,1-3H3. The molecule has 0 amide bonds. The predicted molar refractivity (Wildman–Crippen MR) is 62.1 cm³/mol. The minimum absolute atomic E-state index is 0.642. The van der Waals surface area contributed by atoms with Crippen molar-refractivity contribution in [2.45, 2.75) is 39.3 Å². The molecule has 0 aliphatic heterocycles. The van der Waals surface area contributed by atoms with Crippen LogP contribution in [0.4, 0.5) is 0 Å². The first-order valence-electron chi connectivity index (χ1n) is 5.16. The predicted octanol–water partition coefficient (Wildman–Crippen LogP) is 3.03. The van der Waals surface area contributed by atoms with Gasteiger partial charge in [0.05, 0.1) is 7.11 Å². The Morgan fingerprint density at radius 2 is 2.07 bits per heavy atom. The van der Waals surface area contributed by atoms with Crippen LogP contribution in [0.25, 0.3) is 0 Å². The molecule has 3 heteroatoms. The third-order valence-corrected chi connectivity index (χ3v) is 3.44. The minimum atomic E-state index is 0.642. The third-order valence-electron chi connectivity index (χ3n) is 2.39. The van der Waals surface area contributed by atoms with Crippen LogP contribution in [0.1, 0.15) is 31.6 Å². The first-order valence-corrected chi connectivity index (χ1v) is 5.97. The molecule has 0 aliphatic carbocycles. The zero-order valence-electron chi connectivity index (χ0n) is 9.17. The van der Waals surface area contributed by atoms with E-state index < -0.39 is 0 Å². The van der Waals surface area contributed by atoms with Crippen molar-refractivity contribution in [3.8, 4) is 5.06 Å². The van der Waals surface area contributed by atoms with Gasteiger partial charge < -0.3 is 10.1 Å². The SMILES string of the molecule is CCC(CC)NCc1ccc(OC)s1. The van der Waals surface area contributed by atoms with E-state index in [2.05, 4.69) is 25.2 Å². The van der Waals surface area contributed by atoms with E-state index in [4.69, 9.17) is 4.74 Å². The van der Waals surface area contributed by atoms with E-state index in [1.807, 2.05) is 6.07 Å². The van der Waals surface area contributed by atoms with Crippen molar-refractivity contribution in [1.29, 1.82) is 0 Å². The molecule has 0 aromatic carbocycles. The van der Waals surface area contributed by atoms with Crippen LogP contribution in [-0.2, 0) is 6.54 Å². The van der Waals surface area contributed by atoms with Crippen LogP contribution >= 0.6 is 11.3 Å². The first-order chi connectivity index (χ1) is 6.80. The summed E-state index contributed by atoms with van der Waals surface area (Å²) in [5.74, 6) is 0. The van der Waals surface area contributed by atoms with Crippen molar-refractivity contribution in [2.24, 2.45) is 0 Å². The molecule has 0 fully saturated rings. The molecule has 80 valence electrons. The minimum Gasteiger partial charge on any atom is -0.487 e. The summed E-state index contributed by atoms with van der Waals surface area (Å²) in [6.07, 6.45) is 2.39. The molecule has 0 aliphatic rings. The van der Waals surface area contributed by atoms with Crippen LogP contribution in [-0.4, -0.2) is 13.2 Å². The fourth-order valence-electron chi connectivity index (χ4n) is 1.39. The van der Waals surface area contributed by atoms with E-state index in [0.29, 0.717) is 6.04 Å². The quantitative estimate of drug-likeness (QED) is 0.784. The molecule has 0 radical (unpaired) electrons. The fraction of sp³-hybridized carbons (Fsp3) is 0.636. The summed E-state index contributed by atoms with van der Waals surface area (Å²) in [5, 5.41) is 4.52. The average molecular weight is 213 g/mol. The lowest BCUT2D eigenvalue weighted by atomic mass is 10.2. The molecule has 0 bridgehead atoms. The monoisotopic (exact) mass is 213 g/mol. The van der Waals surface area contributed by atoms with Crippen LogP contribution in [0.2, 0.25) is 0 Å². The Morgan fingerprint density at radius 3 is 2.57 bits per heavy atom. The number of hydrogen-bond acceptors (Lipinski definition) is 3. The highest BCUT2D eigenvalue weighted by molar-refractivity contribution is 7.13. The largest absolute Gasteiger partial charge is 0.487 e. The molecule has 2 nitrogen and oxygen atoms in total. The lowest BCUT2D eigenvalue weighted by molar-refractivity contribution is 0.427. The molecule has 14 heavy (non-hydrogen) atoms. The number of nitrogens with one attached hydrogen (secondary N) is 1. The van der Waals surface area contributed by atoms with Crippen molar-refractivity contribution in [3.05, 3.63) is 17.0 Å². The second-order valence-electron chi connectivity index (χ2n) is 3.32. The number of rotatable bonds is 6. The van der Waals surface area contributed by atoms with Gasteiger partial charge in [0.15, 0.2) is 5.06 Å². The molecule has 0 saturated heterocycles. The van der Waals surface area contributed by atoms with Gasteiger partial charge in [-0.25, -0.2) is 0 Å². The molecular formula is C11H19NOS. The Labute approximate surface area is 90.3 Å². The summed E-state index contributed by atoms with van der Waals surface area (Å²) in [6.45, 7) is 5.40. The van der Waals surface area contributed by atoms with Gasteiger partial charge in [0.25, 0.3) is 0 Å². The third kappa shape index (κ3) is 3.31. The van der Waals surface area contributed by atoms with Crippen LogP contribution in [0.15, 0.2) is 12.1 Å². The molecule has 0 unspecified atom stereocenters. The summed E-state index contributed by atoms with van der Waals surface area (Å²) >= 11 is 1.71. The van der Waals surface area contributed by atoms with Gasteiger partial charge in [-0.3, -0.25) is 0 Å². The number of methoxy groups -OCH3 is 1. The highest BCUT2D eigenvalue weighted by Crippen LogP contribution is 2.23. The molecule has 1 heterocycles. The number of ether oxygens (including phenoxy) is 1. The Kier molecular flexibility index (Phi) is 4.98. The zero-order chi connectivity index (χ0) is 10.4. The summed E-state index contributed by atoms with van der Waals surface area (Å²) in [5.41, 5.74) is 0. The van der Waals surface area contributed by atoms with Crippen LogP contribution in [0.3, 0.4) is 0 Å². The van der Waals surface area contributed by atoms with E-state index >= 15 is 0 Å². The molecule has 1 rings (SSSR count). The van der Waals surface area contributed by atoms with Gasteiger partial charge in [-0.05, 0) is 25.0 Å². The smallest absolute Gasteiger partial charge is 0.173 e. The molecule has 0 saturated carbocycles. The maximum absolute atomic E-state index is 5.15. The maximum atomic E-state index is 5.15. The van der Waals surface area contributed by atoms with Crippen LogP contribution in [0.5, 0.6) is 5.06 Å². The molecule has 0 spiro atoms. The topological polar surface area (TPSA) is 21.3 Å². The van der Waals surface area contributed by atoms with Gasteiger partial charge >= 0.3 is 0 Å². The Balaban J connectivity index is 2.37. The van der Waals surface area contributed by atoms with E-state index in [1.54, 1.807) is 18.4 Å². The summed E-state index contributed by atoms with van der Waals surface area (Å²) < 4.78 is 5.15. The Hall–Kier alpha value is -0.540. The normalized spacial score (nSPS) is 10.9. The highest BCUT2D eigenvalue weighted by Gasteiger charge is 2.04. The van der Waals surface area contributed by atoms with Crippen molar-refractivity contribution in [3.63, 3.8) is 0 Å². The summed E-state index contributed by atoms with van der Waals surface area (Å²) in [7, 11) is 1.71. The summed E-state index contributed by atoms with van der Waals surface area (Å²) in [4.78, 5) is 1.34. The number of hydrogen-bond donors (Lipinski definition) is 1. The average Bonchev–Trinajstić information content (AvgIpc) is 2.67. The Morgan fingerprint density at radius 1 is 1.36 bits per heavy atom. The molecule has 0 atom stereocenters. The second-order valence-corrected chi connectivity index (χ2v) is 4.45. The van der Waals surface area contributed by atoms with Gasteiger partial charge in [-0.1, -0.05) is 13.8 Å². The fourth-order valence-corrected chi connectivity index (χ4v) is 2.15. The van der Waals surface area contributed by atoms with Gasteiger partial charge in [-0.2, -0.15) is 0 Å². The van der Waals surface area contributed by atoms with Crippen LogP contribution < -0.4 is 10.1 Å². The van der Waals surface area contributed by atoms with E-state index in [9.17, 15) is 0 Å². The number of thiophene rings is 1. The lowest BCUT2D eigenvalue weighted by Crippen LogP contribution is -2.26. The molecule has 1 N–H and O–H groups in total. The maximum Gasteiger partial charge on any atom is 0.173 e. The van der Waals surface area contributed by atoms with Gasteiger partial charge in [0, 0.05) is 17.5 Å². The summed E-state index contributed by atoms with van der Waals surface area (Å²) in [6, 6.07) is 4.79. The zero-order valence-corrected chi connectivity index (χ0v) is 9.99. The molecular weight excluding hydrogens is 194 g/mol. The van der Waals surface area contributed by atoms with Crippen LogP contribution in [0, 0.1) is 0 Å². The van der Waals surface area contributed by atoms with E-state index in [1.165, 1.54) is 17.7 Å². The molecule has 1 aromatic rings. The van der Waals surface area contributed by atoms with Crippen molar-refractivity contribution >= 4 is 11.3 Å². The van der Waals surface area contributed by atoms with Crippen molar-refractivity contribution in [1.82, 2.24) is 5.32 Å². The van der Waals surface area contributed by atoms with Gasteiger partial charge in [0.1, 0.15) is 0 Å². The second kappa shape index (κ2) is 6.04. The first kappa shape index (κ1) is 11.5. The van der Waals surface area contributed by atoms with Crippen molar-refractivity contribution in [2.75, 3.05) is 7.11 Å². The van der Waals surface area contributed by atoms with E-state index in [0.717, 1.165) is 11.6 Å². The molecule has 1 aromatic heterocycles. The van der Waals surface area contributed by atoms with E-state index in [-0.39, 0.29) is 0 Å². The van der Waals surface area contributed by atoms with Gasteiger partial charge in [-0.15, -0.1) is 11.3 Å². The lowest BCUT2D eigenvalue weighted by Gasteiger charge is -2.13.